The highest BCUT2D eigenvalue weighted by atomic mass is 19.4. The number of rotatable bonds is 2. The number of halogens is 3. The summed E-state index contributed by atoms with van der Waals surface area (Å²) in [7, 11) is 1.11. The summed E-state index contributed by atoms with van der Waals surface area (Å²) < 4.78 is 34.4. The van der Waals surface area contributed by atoms with Crippen molar-refractivity contribution in [2.45, 2.75) is 6.18 Å². The lowest BCUT2D eigenvalue weighted by molar-refractivity contribution is -0.142. The zero-order chi connectivity index (χ0) is 8.36. The first-order valence-electron chi connectivity index (χ1n) is 2.48. The molecule has 0 saturated heterocycles. The first-order valence-corrected chi connectivity index (χ1v) is 2.48. The Hall–Kier alpha value is -0.870. The molecule has 0 aromatic rings. The van der Waals surface area contributed by atoms with Gasteiger partial charge in [0.2, 0.25) is 0 Å². The predicted octanol–water partition coefficient (Wildman–Crippen LogP) is 1.51. The molecule has 5 heteroatoms. The van der Waals surface area contributed by atoms with Crippen LogP contribution in [0.25, 0.3) is 0 Å². The smallest absolute Gasteiger partial charge is 0.406 e. The van der Waals surface area contributed by atoms with Crippen LogP contribution >= 0.6 is 0 Å². The van der Waals surface area contributed by atoms with Crippen LogP contribution < -0.4 is 0 Å². The van der Waals surface area contributed by atoms with E-state index in [9.17, 15) is 13.2 Å². The average Bonchev–Trinajstić information content (AvgIpc) is 1.60. The standard InChI is InChI=1S/C5H8F3NO/c1-4(10)9(2)3-5(6,7)8/h10H,1,3H2,2H3. The van der Waals surface area contributed by atoms with Crippen LogP contribution in [0, 0.1) is 0 Å². The number of alkyl halides is 3. The Kier molecular flexibility index (Phi) is 2.56. The lowest BCUT2D eigenvalue weighted by Crippen LogP contribution is -2.29. The summed E-state index contributed by atoms with van der Waals surface area (Å²) in [6.45, 7) is 1.74. The van der Waals surface area contributed by atoms with Crippen LogP contribution in [0.1, 0.15) is 0 Å². The first-order chi connectivity index (χ1) is 4.33. The quantitative estimate of drug-likeness (QED) is 0.611. The molecule has 0 atom stereocenters. The van der Waals surface area contributed by atoms with Gasteiger partial charge in [0.05, 0.1) is 0 Å². The second-order valence-electron chi connectivity index (χ2n) is 1.89. The van der Waals surface area contributed by atoms with Crippen molar-refractivity contribution in [1.29, 1.82) is 0 Å². The molecule has 0 fully saturated rings. The topological polar surface area (TPSA) is 23.5 Å². The minimum absolute atomic E-state index is 0.586. The highest BCUT2D eigenvalue weighted by Gasteiger charge is 2.29. The molecule has 0 heterocycles. The van der Waals surface area contributed by atoms with Crippen molar-refractivity contribution in [2.75, 3.05) is 13.6 Å². The average molecular weight is 155 g/mol. The van der Waals surface area contributed by atoms with Crippen molar-refractivity contribution in [3.8, 4) is 0 Å². The van der Waals surface area contributed by atoms with Gasteiger partial charge in [0.15, 0.2) is 5.88 Å². The van der Waals surface area contributed by atoms with Crippen molar-refractivity contribution in [3.05, 3.63) is 12.5 Å². The van der Waals surface area contributed by atoms with Gasteiger partial charge in [0.25, 0.3) is 0 Å². The minimum atomic E-state index is -4.29. The van der Waals surface area contributed by atoms with Crippen LogP contribution in [-0.2, 0) is 0 Å². The normalized spacial score (nSPS) is 11.2. The molecule has 0 spiro atoms. The summed E-state index contributed by atoms with van der Waals surface area (Å²) in [5, 5.41) is 8.42. The maximum absolute atomic E-state index is 11.5. The first kappa shape index (κ1) is 9.13. The Balaban J connectivity index is 3.80. The molecule has 0 bridgehead atoms. The van der Waals surface area contributed by atoms with Gasteiger partial charge < -0.3 is 10.0 Å². The van der Waals surface area contributed by atoms with Crippen molar-refractivity contribution in [2.24, 2.45) is 0 Å². The Morgan fingerprint density at radius 2 is 2.00 bits per heavy atom. The third kappa shape index (κ3) is 4.05. The largest absolute Gasteiger partial charge is 0.495 e. The molecule has 0 saturated carbocycles. The fraction of sp³-hybridized carbons (Fsp3) is 0.600. The van der Waals surface area contributed by atoms with Gasteiger partial charge in [-0.1, -0.05) is 0 Å². The van der Waals surface area contributed by atoms with Crippen molar-refractivity contribution >= 4 is 0 Å². The molecule has 1 N–H and O–H groups in total. The zero-order valence-corrected chi connectivity index (χ0v) is 5.44. The van der Waals surface area contributed by atoms with E-state index >= 15 is 0 Å². The summed E-state index contributed by atoms with van der Waals surface area (Å²) in [6.07, 6.45) is -4.29. The van der Waals surface area contributed by atoms with Gasteiger partial charge in [-0.05, 0) is 6.58 Å². The van der Waals surface area contributed by atoms with Gasteiger partial charge in [-0.2, -0.15) is 13.2 Å². The van der Waals surface area contributed by atoms with E-state index < -0.39 is 18.6 Å². The van der Waals surface area contributed by atoms with Gasteiger partial charge in [-0.3, -0.25) is 0 Å². The second kappa shape index (κ2) is 2.81. The molecule has 0 aliphatic rings. The summed E-state index contributed by atoms with van der Waals surface area (Å²) in [5.74, 6) is -0.586. The number of hydrogen-bond acceptors (Lipinski definition) is 2. The molecular formula is C5H8F3NO. The molecule has 0 aliphatic heterocycles. The van der Waals surface area contributed by atoms with E-state index in [2.05, 4.69) is 6.58 Å². The molecule has 2 nitrogen and oxygen atoms in total. The van der Waals surface area contributed by atoms with Crippen LogP contribution in [0.5, 0.6) is 0 Å². The minimum Gasteiger partial charge on any atom is -0.495 e. The van der Waals surface area contributed by atoms with Crippen LogP contribution in [-0.4, -0.2) is 29.8 Å². The van der Waals surface area contributed by atoms with Gasteiger partial charge in [-0.25, -0.2) is 0 Å². The Labute approximate surface area is 56.6 Å². The molecule has 0 unspecified atom stereocenters. The lowest BCUT2D eigenvalue weighted by Gasteiger charge is -2.18. The lowest BCUT2D eigenvalue weighted by atomic mass is 10.5. The fourth-order valence-corrected chi connectivity index (χ4v) is 0.360. The Morgan fingerprint density at radius 3 is 2.10 bits per heavy atom. The van der Waals surface area contributed by atoms with E-state index in [4.69, 9.17) is 5.11 Å². The van der Waals surface area contributed by atoms with Gasteiger partial charge in [-0.15, -0.1) is 0 Å². The number of nitrogens with zero attached hydrogens (tertiary/aromatic N) is 1. The van der Waals surface area contributed by atoms with E-state index in [1.165, 1.54) is 0 Å². The van der Waals surface area contributed by atoms with Crippen molar-refractivity contribution in [1.82, 2.24) is 4.90 Å². The van der Waals surface area contributed by atoms with Gasteiger partial charge in [0, 0.05) is 7.05 Å². The molecule has 60 valence electrons. The second-order valence-corrected chi connectivity index (χ2v) is 1.89. The molecule has 0 radical (unpaired) electrons. The monoisotopic (exact) mass is 155 g/mol. The Bertz CT molecular complexity index is 131. The fourth-order valence-electron chi connectivity index (χ4n) is 0.360. The van der Waals surface area contributed by atoms with E-state index in [0.29, 0.717) is 4.90 Å². The molecule has 0 aromatic heterocycles. The molecule has 10 heavy (non-hydrogen) atoms. The molecule has 0 aromatic carbocycles. The highest BCUT2D eigenvalue weighted by Crippen LogP contribution is 2.16. The summed E-state index contributed by atoms with van der Waals surface area (Å²) >= 11 is 0. The SMILES string of the molecule is C=C(O)N(C)CC(F)(F)F. The number of aliphatic hydroxyl groups excluding tert-OH is 1. The maximum Gasteiger partial charge on any atom is 0.406 e. The highest BCUT2D eigenvalue weighted by molar-refractivity contribution is 4.78. The van der Waals surface area contributed by atoms with Crippen molar-refractivity contribution < 1.29 is 18.3 Å². The maximum atomic E-state index is 11.5. The van der Waals surface area contributed by atoms with E-state index in [1.54, 1.807) is 0 Å². The Morgan fingerprint density at radius 1 is 1.60 bits per heavy atom. The van der Waals surface area contributed by atoms with Crippen LogP contribution in [0.3, 0.4) is 0 Å². The predicted molar refractivity (Wildman–Crippen MR) is 30.5 cm³/mol. The number of aliphatic hydroxyl groups is 1. The van der Waals surface area contributed by atoms with Crippen LogP contribution in [0.4, 0.5) is 13.2 Å². The third-order valence-electron chi connectivity index (χ3n) is 0.857. The molecule has 0 aliphatic carbocycles. The third-order valence-corrected chi connectivity index (χ3v) is 0.857. The van der Waals surface area contributed by atoms with Gasteiger partial charge in [0.1, 0.15) is 6.54 Å². The number of hydrogen-bond donors (Lipinski definition) is 1. The van der Waals surface area contributed by atoms with E-state index in [-0.39, 0.29) is 0 Å². The zero-order valence-electron chi connectivity index (χ0n) is 5.44. The van der Waals surface area contributed by atoms with Crippen LogP contribution in [0.2, 0.25) is 0 Å². The molecule has 0 amide bonds. The van der Waals surface area contributed by atoms with E-state index in [0.717, 1.165) is 7.05 Å². The van der Waals surface area contributed by atoms with Crippen LogP contribution in [0.15, 0.2) is 12.5 Å². The molecular weight excluding hydrogens is 147 g/mol. The van der Waals surface area contributed by atoms with Crippen molar-refractivity contribution in [3.63, 3.8) is 0 Å². The summed E-state index contributed by atoms with van der Waals surface area (Å²) in [5.41, 5.74) is 0. The van der Waals surface area contributed by atoms with Gasteiger partial charge >= 0.3 is 6.18 Å². The molecule has 0 rings (SSSR count). The summed E-state index contributed by atoms with van der Waals surface area (Å²) in [4.78, 5) is 0.611. The van der Waals surface area contributed by atoms with E-state index in [1.807, 2.05) is 0 Å². The summed E-state index contributed by atoms with van der Waals surface area (Å²) in [6, 6.07) is 0.